The molecule has 1 aromatic carbocycles. The lowest BCUT2D eigenvalue weighted by Gasteiger charge is -2.23. The minimum atomic E-state index is -5.08. The van der Waals surface area contributed by atoms with Crippen LogP contribution in [0.1, 0.15) is 18.4 Å². The van der Waals surface area contributed by atoms with E-state index in [1.54, 1.807) is 0 Å². The average Bonchev–Trinajstić information content (AvgIpc) is 3.10. The monoisotopic (exact) mass is 431 g/mol. The van der Waals surface area contributed by atoms with Gasteiger partial charge in [0.1, 0.15) is 5.01 Å². The smallest absolute Gasteiger partial charge is 0.475 e. The number of aromatic nitrogens is 2. The van der Waals surface area contributed by atoms with Gasteiger partial charge in [0.25, 0.3) is 0 Å². The van der Waals surface area contributed by atoms with Crippen LogP contribution in [0, 0.1) is 6.92 Å². The molecule has 4 N–H and O–H groups in total. The number of carbonyl (C=O) groups is 2. The number of halogens is 3. The summed E-state index contributed by atoms with van der Waals surface area (Å²) in [5, 5.41) is 25.7. The third-order valence-corrected chi connectivity index (χ3v) is 4.81. The number of alkyl halides is 3. The van der Waals surface area contributed by atoms with Crippen LogP contribution in [-0.2, 0) is 4.79 Å². The van der Waals surface area contributed by atoms with Crippen molar-refractivity contribution in [3.8, 4) is 10.6 Å². The lowest BCUT2D eigenvalue weighted by Crippen LogP contribution is -2.44. The van der Waals surface area contributed by atoms with E-state index in [9.17, 15) is 18.0 Å². The number of carboxylic acids is 1. The first-order valence-corrected chi connectivity index (χ1v) is 9.46. The highest BCUT2D eigenvalue weighted by molar-refractivity contribution is 7.18. The average molecular weight is 431 g/mol. The molecule has 1 fully saturated rings. The summed E-state index contributed by atoms with van der Waals surface area (Å²) in [4.78, 5) is 20.9. The van der Waals surface area contributed by atoms with Crippen molar-refractivity contribution in [1.82, 2.24) is 20.8 Å². The maximum absolute atomic E-state index is 12.0. The Labute approximate surface area is 168 Å². The van der Waals surface area contributed by atoms with Gasteiger partial charge in [0.05, 0.1) is 0 Å². The number of urea groups is 1. The fourth-order valence-electron chi connectivity index (χ4n) is 2.48. The minimum Gasteiger partial charge on any atom is -0.475 e. The second-order valence-corrected chi connectivity index (χ2v) is 7.13. The van der Waals surface area contributed by atoms with Crippen LogP contribution in [0.2, 0.25) is 0 Å². The lowest BCUT2D eigenvalue weighted by molar-refractivity contribution is -0.192. The first-order valence-electron chi connectivity index (χ1n) is 8.64. The Balaban J connectivity index is 0.000000370. The first-order chi connectivity index (χ1) is 13.7. The Morgan fingerprint density at radius 3 is 2.41 bits per heavy atom. The molecule has 29 heavy (non-hydrogen) atoms. The maximum atomic E-state index is 12.0. The fourth-order valence-corrected chi connectivity index (χ4v) is 3.31. The molecule has 0 radical (unpaired) electrons. The van der Waals surface area contributed by atoms with Crippen LogP contribution in [0.4, 0.5) is 23.1 Å². The number of nitrogens with one attached hydrogen (secondary N) is 3. The zero-order valence-electron chi connectivity index (χ0n) is 15.4. The molecule has 1 saturated heterocycles. The van der Waals surface area contributed by atoms with Gasteiger partial charge in [-0.15, -0.1) is 10.2 Å². The van der Waals surface area contributed by atoms with Crippen LogP contribution in [-0.4, -0.2) is 52.6 Å². The van der Waals surface area contributed by atoms with Crippen LogP contribution < -0.4 is 16.0 Å². The topological polar surface area (TPSA) is 116 Å². The molecule has 2 aromatic rings. The standard InChI is InChI=1S/C15H19N5OS.C2HF3O2/c1-10-4-2-3-5-12(10)13-19-20-15(22-13)18-14(21)17-11-6-8-16-9-7-11;3-2(4,5)1(6)7/h2-5,11,16H,6-9H2,1H3,(H2,17,18,20,21);(H,6,7). The van der Waals surface area contributed by atoms with Crippen molar-refractivity contribution in [1.29, 1.82) is 0 Å². The van der Waals surface area contributed by atoms with Gasteiger partial charge in [0.15, 0.2) is 0 Å². The number of hydrogen-bond donors (Lipinski definition) is 4. The fraction of sp³-hybridized carbons (Fsp3) is 0.412. The van der Waals surface area contributed by atoms with Crippen molar-refractivity contribution in [3.05, 3.63) is 29.8 Å². The summed E-state index contributed by atoms with van der Waals surface area (Å²) in [5.41, 5.74) is 2.19. The zero-order valence-corrected chi connectivity index (χ0v) is 16.2. The highest BCUT2D eigenvalue weighted by Gasteiger charge is 2.38. The number of hydrogen-bond acceptors (Lipinski definition) is 6. The van der Waals surface area contributed by atoms with E-state index >= 15 is 0 Å². The van der Waals surface area contributed by atoms with Gasteiger partial charge >= 0.3 is 18.2 Å². The second kappa shape index (κ2) is 10.2. The summed E-state index contributed by atoms with van der Waals surface area (Å²) in [6, 6.07) is 8.03. The van der Waals surface area contributed by atoms with Crippen LogP contribution in [0.25, 0.3) is 10.6 Å². The zero-order chi connectivity index (χ0) is 21.4. The number of carboxylic acid groups (broad SMARTS) is 1. The normalized spacial score (nSPS) is 14.5. The minimum absolute atomic E-state index is 0.209. The summed E-state index contributed by atoms with van der Waals surface area (Å²) in [6.45, 7) is 3.93. The van der Waals surface area contributed by atoms with Crippen molar-refractivity contribution >= 4 is 28.5 Å². The molecule has 8 nitrogen and oxygen atoms in total. The Bertz CT molecular complexity index is 838. The molecule has 0 spiro atoms. The van der Waals surface area contributed by atoms with Crippen LogP contribution >= 0.6 is 11.3 Å². The molecule has 2 heterocycles. The molecule has 0 bridgehead atoms. The van der Waals surface area contributed by atoms with E-state index in [1.807, 2.05) is 31.2 Å². The molecular weight excluding hydrogens is 411 g/mol. The number of aryl methyl sites for hydroxylation is 1. The van der Waals surface area contributed by atoms with Gasteiger partial charge in [-0.05, 0) is 38.4 Å². The van der Waals surface area contributed by atoms with Gasteiger partial charge in [0, 0.05) is 11.6 Å². The third-order valence-electron chi connectivity index (χ3n) is 3.94. The van der Waals surface area contributed by atoms with E-state index in [4.69, 9.17) is 9.90 Å². The van der Waals surface area contributed by atoms with Crippen LogP contribution in [0.3, 0.4) is 0 Å². The first kappa shape index (κ1) is 22.6. The Morgan fingerprint density at radius 2 is 1.83 bits per heavy atom. The van der Waals surface area contributed by atoms with Gasteiger partial charge < -0.3 is 15.7 Å². The summed E-state index contributed by atoms with van der Waals surface area (Å²) >= 11 is 1.38. The van der Waals surface area contributed by atoms with Crippen molar-refractivity contribution in [3.63, 3.8) is 0 Å². The maximum Gasteiger partial charge on any atom is 0.490 e. The number of carbonyl (C=O) groups excluding carboxylic acids is 1. The van der Waals surface area contributed by atoms with Gasteiger partial charge in [-0.3, -0.25) is 5.32 Å². The van der Waals surface area contributed by atoms with E-state index in [1.165, 1.54) is 11.3 Å². The van der Waals surface area contributed by atoms with Gasteiger partial charge in [-0.2, -0.15) is 13.2 Å². The van der Waals surface area contributed by atoms with E-state index < -0.39 is 12.1 Å². The van der Waals surface area contributed by atoms with E-state index in [-0.39, 0.29) is 12.1 Å². The molecule has 158 valence electrons. The Kier molecular flexibility index (Phi) is 7.91. The summed E-state index contributed by atoms with van der Waals surface area (Å²) < 4.78 is 31.7. The molecule has 1 aromatic heterocycles. The number of rotatable bonds is 3. The molecule has 1 aliphatic heterocycles. The molecule has 0 unspecified atom stereocenters. The molecule has 3 rings (SSSR count). The van der Waals surface area contributed by atoms with Crippen molar-refractivity contribution in [2.24, 2.45) is 0 Å². The highest BCUT2D eigenvalue weighted by atomic mass is 32.1. The van der Waals surface area contributed by atoms with Crippen molar-refractivity contribution in [2.75, 3.05) is 18.4 Å². The molecule has 12 heteroatoms. The van der Waals surface area contributed by atoms with E-state index in [2.05, 4.69) is 26.1 Å². The van der Waals surface area contributed by atoms with E-state index in [0.29, 0.717) is 5.13 Å². The van der Waals surface area contributed by atoms with Crippen molar-refractivity contribution < 1.29 is 27.9 Å². The van der Waals surface area contributed by atoms with Crippen LogP contribution in [0.15, 0.2) is 24.3 Å². The van der Waals surface area contributed by atoms with Crippen molar-refractivity contribution in [2.45, 2.75) is 32.0 Å². The predicted octanol–water partition coefficient (Wildman–Crippen LogP) is 3.02. The largest absolute Gasteiger partial charge is 0.490 e. The van der Waals surface area contributed by atoms with Gasteiger partial charge in [-0.25, -0.2) is 9.59 Å². The van der Waals surface area contributed by atoms with Gasteiger partial charge in [0.2, 0.25) is 5.13 Å². The van der Waals surface area contributed by atoms with Crippen LogP contribution in [0.5, 0.6) is 0 Å². The molecule has 0 saturated carbocycles. The summed E-state index contributed by atoms with van der Waals surface area (Å²) in [5.74, 6) is -2.76. The number of aliphatic carboxylic acids is 1. The molecule has 0 atom stereocenters. The summed E-state index contributed by atoms with van der Waals surface area (Å²) in [6.07, 6.45) is -3.17. The third kappa shape index (κ3) is 7.31. The molecule has 2 amide bonds. The Hall–Kier alpha value is -2.73. The van der Waals surface area contributed by atoms with E-state index in [0.717, 1.165) is 42.1 Å². The van der Waals surface area contributed by atoms with Gasteiger partial charge in [-0.1, -0.05) is 35.6 Å². The summed E-state index contributed by atoms with van der Waals surface area (Å²) in [7, 11) is 0. The molecule has 1 aliphatic rings. The molecule has 0 aliphatic carbocycles. The SMILES string of the molecule is Cc1ccccc1-c1nnc(NC(=O)NC2CCNCC2)s1.O=C(O)C(F)(F)F. The second-order valence-electron chi connectivity index (χ2n) is 6.15. The number of piperidine rings is 1. The highest BCUT2D eigenvalue weighted by Crippen LogP contribution is 2.28. The molecular formula is C17H20F3N5O3S. The number of amides is 2. The number of benzene rings is 1. The number of nitrogens with zero attached hydrogens (tertiary/aromatic N) is 2. The Morgan fingerprint density at radius 1 is 1.21 bits per heavy atom. The predicted molar refractivity (Wildman–Crippen MR) is 102 cm³/mol. The lowest BCUT2D eigenvalue weighted by atomic mass is 10.1. The quantitative estimate of drug-likeness (QED) is 0.594. The number of anilines is 1.